The molecule has 0 aliphatic carbocycles. The lowest BCUT2D eigenvalue weighted by molar-refractivity contribution is -0.139. The molecule has 0 bridgehead atoms. The van der Waals surface area contributed by atoms with Gasteiger partial charge < -0.3 is 10.5 Å². The van der Waals surface area contributed by atoms with Gasteiger partial charge in [0.15, 0.2) is 0 Å². The van der Waals surface area contributed by atoms with Crippen LogP contribution in [0.3, 0.4) is 0 Å². The minimum atomic E-state index is -4.27. The number of nitrogens with zero attached hydrogens (tertiary/aromatic N) is 2. The van der Waals surface area contributed by atoms with Crippen LogP contribution in [0.2, 0.25) is 0 Å². The molecule has 8 heteroatoms. The van der Waals surface area contributed by atoms with Crippen LogP contribution in [0, 0.1) is 0 Å². The predicted molar refractivity (Wildman–Crippen MR) is 54.1 cm³/mol. The van der Waals surface area contributed by atoms with Gasteiger partial charge in [0.25, 0.3) is 0 Å². The molecule has 0 radical (unpaired) electrons. The molecule has 1 rings (SSSR count). The summed E-state index contributed by atoms with van der Waals surface area (Å²) in [4.78, 5) is -0.00286. The lowest BCUT2D eigenvalue weighted by Gasteiger charge is -2.09. The lowest BCUT2D eigenvalue weighted by Crippen LogP contribution is -2.17. The van der Waals surface area contributed by atoms with E-state index in [-0.39, 0.29) is 16.4 Å². The highest BCUT2D eigenvalue weighted by Gasteiger charge is 2.27. The van der Waals surface area contributed by atoms with Crippen molar-refractivity contribution in [2.24, 2.45) is 5.73 Å². The molecule has 16 heavy (non-hydrogen) atoms. The molecule has 0 saturated heterocycles. The van der Waals surface area contributed by atoms with Crippen LogP contribution in [0.4, 0.5) is 13.2 Å². The Labute approximate surface area is 94.6 Å². The Morgan fingerprint density at radius 3 is 2.75 bits per heavy atom. The monoisotopic (exact) mass is 251 g/mol. The highest BCUT2D eigenvalue weighted by Crippen LogP contribution is 2.20. The molecule has 0 saturated carbocycles. The predicted octanol–water partition coefficient (Wildman–Crippen LogP) is 1.44. The van der Waals surface area contributed by atoms with Gasteiger partial charge in [0.2, 0.25) is 5.88 Å². The number of aromatic nitrogens is 2. The van der Waals surface area contributed by atoms with Crippen molar-refractivity contribution in [3.05, 3.63) is 17.8 Å². The second-order valence-corrected chi connectivity index (χ2v) is 3.27. The molecular weight excluding hydrogens is 243 g/mol. The highest BCUT2D eigenvalue weighted by atomic mass is 32.1. The molecule has 0 fully saturated rings. The van der Waals surface area contributed by atoms with E-state index in [1.165, 1.54) is 12.3 Å². The zero-order chi connectivity index (χ0) is 12.2. The molecular formula is C8H8F3N3OS. The molecule has 0 spiro atoms. The van der Waals surface area contributed by atoms with Gasteiger partial charge in [-0.25, -0.2) is 0 Å². The third-order valence-electron chi connectivity index (χ3n) is 1.58. The molecule has 2 N–H and O–H groups in total. The summed E-state index contributed by atoms with van der Waals surface area (Å²) in [6.45, 7) is -0.544. The van der Waals surface area contributed by atoms with Crippen molar-refractivity contribution >= 4 is 17.2 Å². The van der Waals surface area contributed by atoms with Crippen molar-refractivity contribution in [2.75, 3.05) is 6.61 Å². The van der Waals surface area contributed by atoms with E-state index in [2.05, 4.69) is 22.4 Å². The van der Waals surface area contributed by atoms with E-state index in [4.69, 9.17) is 10.5 Å². The van der Waals surface area contributed by atoms with Crippen LogP contribution >= 0.6 is 12.2 Å². The molecule has 0 amide bonds. The van der Waals surface area contributed by atoms with Crippen LogP contribution in [-0.2, 0) is 0 Å². The molecule has 1 aromatic rings. The second kappa shape index (κ2) is 5.06. The van der Waals surface area contributed by atoms with Crippen molar-refractivity contribution in [2.45, 2.75) is 12.6 Å². The fraction of sp³-hybridized carbons (Fsp3) is 0.375. The normalized spacial score (nSPS) is 11.2. The van der Waals surface area contributed by atoms with Gasteiger partial charge in [0, 0.05) is 0 Å². The van der Waals surface area contributed by atoms with Gasteiger partial charge in [-0.3, -0.25) is 0 Å². The summed E-state index contributed by atoms with van der Waals surface area (Å²) in [5, 5.41) is 6.98. The second-order valence-electron chi connectivity index (χ2n) is 2.83. The molecule has 0 atom stereocenters. The van der Waals surface area contributed by atoms with E-state index in [9.17, 15) is 13.2 Å². The van der Waals surface area contributed by atoms with E-state index in [1.807, 2.05) is 0 Å². The summed E-state index contributed by atoms with van der Waals surface area (Å²) < 4.78 is 40.4. The molecule has 0 unspecified atom stereocenters. The van der Waals surface area contributed by atoms with E-state index in [0.717, 1.165) is 0 Å². The summed E-state index contributed by atoms with van der Waals surface area (Å²) in [7, 11) is 0. The zero-order valence-corrected chi connectivity index (χ0v) is 8.81. The maximum atomic E-state index is 11.9. The number of hydrogen-bond acceptors (Lipinski definition) is 4. The molecule has 0 aliphatic heterocycles. The maximum absolute atomic E-state index is 11.9. The van der Waals surface area contributed by atoms with Gasteiger partial charge in [0.1, 0.15) is 4.99 Å². The molecule has 0 aliphatic rings. The average Bonchev–Trinajstić information content (AvgIpc) is 2.16. The Balaban J connectivity index is 2.64. The largest absolute Gasteiger partial charge is 0.476 e. The molecule has 4 nitrogen and oxygen atoms in total. The number of rotatable bonds is 4. The molecule has 0 aromatic carbocycles. The van der Waals surface area contributed by atoms with Gasteiger partial charge in [0.05, 0.1) is 24.8 Å². The fourth-order valence-corrected chi connectivity index (χ4v) is 1.03. The Hall–Kier alpha value is -1.44. The van der Waals surface area contributed by atoms with Crippen LogP contribution in [0.15, 0.2) is 12.3 Å². The molecule has 1 heterocycles. The van der Waals surface area contributed by atoms with Gasteiger partial charge >= 0.3 is 6.18 Å². The van der Waals surface area contributed by atoms with Crippen molar-refractivity contribution in [3.63, 3.8) is 0 Å². The summed E-state index contributed by atoms with van der Waals surface area (Å²) in [5.41, 5.74) is 5.60. The third-order valence-corrected chi connectivity index (χ3v) is 1.80. The highest BCUT2D eigenvalue weighted by molar-refractivity contribution is 7.80. The van der Waals surface area contributed by atoms with Crippen LogP contribution in [0.5, 0.6) is 5.88 Å². The molecule has 1 aromatic heterocycles. The smallest absolute Gasteiger partial charge is 0.392 e. The third kappa shape index (κ3) is 3.97. The van der Waals surface area contributed by atoms with Crippen molar-refractivity contribution in [1.29, 1.82) is 0 Å². The number of halogens is 3. The standard InChI is InChI=1S/C8H8F3N3OS/c9-8(10,11)2-4-15-7-5(6(12)16)1-3-13-14-7/h1,3H,2,4H2,(H2,12,16). The van der Waals surface area contributed by atoms with Gasteiger partial charge in [-0.05, 0) is 6.07 Å². The number of alkyl halides is 3. The SMILES string of the molecule is NC(=S)c1ccnnc1OCCC(F)(F)F. The Morgan fingerprint density at radius 2 is 2.19 bits per heavy atom. The zero-order valence-electron chi connectivity index (χ0n) is 7.99. The Bertz CT molecular complexity index is 383. The Morgan fingerprint density at radius 1 is 1.50 bits per heavy atom. The van der Waals surface area contributed by atoms with E-state index in [0.29, 0.717) is 0 Å². The average molecular weight is 251 g/mol. The number of thiocarbonyl (C=S) groups is 1. The van der Waals surface area contributed by atoms with Crippen LogP contribution in [-0.4, -0.2) is 28.0 Å². The minimum Gasteiger partial charge on any atom is -0.476 e. The minimum absolute atomic E-state index is 0.00286. The topological polar surface area (TPSA) is 61.0 Å². The lowest BCUT2D eigenvalue weighted by atomic mass is 10.3. The number of ether oxygens (including phenoxy) is 1. The first kappa shape index (κ1) is 12.6. The number of hydrogen-bond donors (Lipinski definition) is 1. The first-order chi connectivity index (χ1) is 7.40. The van der Waals surface area contributed by atoms with Crippen molar-refractivity contribution in [3.8, 4) is 5.88 Å². The first-order valence-electron chi connectivity index (χ1n) is 4.21. The van der Waals surface area contributed by atoms with E-state index >= 15 is 0 Å². The van der Waals surface area contributed by atoms with Gasteiger partial charge in [-0.2, -0.15) is 18.3 Å². The van der Waals surface area contributed by atoms with Crippen LogP contribution in [0.25, 0.3) is 0 Å². The molecule has 88 valence electrons. The van der Waals surface area contributed by atoms with Gasteiger partial charge in [-0.1, -0.05) is 12.2 Å². The summed E-state index contributed by atoms with van der Waals surface area (Å²) >= 11 is 4.68. The fourth-order valence-electron chi connectivity index (χ4n) is 0.876. The quantitative estimate of drug-likeness (QED) is 0.820. The maximum Gasteiger partial charge on any atom is 0.392 e. The summed E-state index contributed by atoms with van der Waals surface area (Å²) in [6, 6.07) is 1.43. The van der Waals surface area contributed by atoms with E-state index in [1.54, 1.807) is 0 Å². The van der Waals surface area contributed by atoms with Gasteiger partial charge in [-0.15, -0.1) is 5.10 Å². The first-order valence-corrected chi connectivity index (χ1v) is 4.62. The Kier molecular flexibility index (Phi) is 3.99. The van der Waals surface area contributed by atoms with Crippen LogP contribution < -0.4 is 10.5 Å². The summed E-state index contributed by atoms with van der Waals surface area (Å²) in [5.74, 6) is -0.0840. The van der Waals surface area contributed by atoms with E-state index < -0.39 is 19.2 Å². The van der Waals surface area contributed by atoms with Crippen molar-refractivity contribution in [1.82, 2.24) is 10.2 Å². The van der Waals surface area contributed by atoms with Crippen molar-refractivity contribution < 1.29 is 17.9 Å². The number of nitrogens with two attached hydrogens (primary N) is 1. The van der Waals surface area contributed by atoms with Crippen LogP contribution in [0.1, 0.15) is 12.0 Å². The summed E-state index contributed by atoms with van der Waals surface area (Å²) in [6.07, 6.45) is -4.02.